The standard InChI is InChI=1S/C11H20N2O2/c1-13(10-6-7-15-8-10)11(14)12-9-4-2-3-5-9/h9-10H,2-8H2,1H3,(H,12,14). The second-order valence-electron chi connectivity index (χ2n) is 4.56. The van der Waals surface area contributed by atoms with Crippen molar-refractivity contribution in [3.8, 4) is 0 Å². The second kappa shape index (κ2) is 4.84. The number of nitrogens with zero attached hydrogens (tertiary/aromatic N) is 1. The van der Waals surface area contributed by atoms with E-state index in [0.29, 0.717) is 12.6 Å². The van der Waals surface area contributed by atoms with E-state index in [1.165, 1.54) is 12.8 Å². The smallest absolute Gasteiger partial charge is 0.317 e. The summed E-state index contributed by atoms with van der Waals surface area (Å²) in [6, 6.07) is 0.742. The maximum atomic E-state index is 11.8. The normalized spacial score (nSPS) is 26.9. The van der Waals surface area contributed by atoms with Crippen molar-refractivity contribution in [2.24, 2.45) is 0 Å². The molecule has 1 heterocycles. The molecule has 4 nitrogen and oxygen atoms in total. The highest BCUT2D eigenvalue weighted by molar-refractivity contribution is 5.74. The third-order valence-corrected chi connectivity index (χ3v) is 3.46. The van der Waals surface area contributed by atoms with Crippen LogP contribution in [0.5, 0.6) is 0 Å². The number of hydrogen-bond acceptors (Lipinski definition) is 2. The zero-order valence-electron chi connectivity index (χ0n) is 9.37. The first-order valence-electron chi connectivity index (χ1n) is 5.88. The zero-order chi connectivity index (χ0) is 10.7. The Morgan fingerprint density at radius 1 is 1.33 bits per heavy atom. The molecule has 15 heavy (non-hydrogen) atoms. The SMILES string of the molecule is CN(C(=O)NC1CCCC1)C1CCOC1. The van der Waals surface area contributed by atoms with E-state index >= 15 is 0 Å². The third kappa shape index (κ3) is 2.62. The Bertz CT molecular complexity index is 221. The van der Waals surface area contributed by atoms with Crippen molar-refractivity contribution in [3.05, 3.63) is 0 Å². The molecule has 1 saturated heterocycles. The van der Waals surface area contributed by atoms with E-state index in [2.05, 4.69) is 5.32 Å². The van der Waals surface area contributed by atoms with Gasteiger partial charge in [0.05, 0.1) is 12.6 Å². The number of hydrogen-bond donors (Lipinski definition) is 1. The number of carbonyl (C=O) groups is 1. The molecule has 2 fully saturated rings. The number of urea groups is 1. The van der Waals surface area contributed by atoms with Crippen LogP contribution in [0.4, 0.5) is 4.79 Å². The van der Waals surface area contributed by atoms with E-state index in [4.69, 9.17) is 4.74 Å². The maximum absolute atomic E-state index is 11.8. The molecule has 86 valence electrons. The van der Waals surface area contributed by atoms with Crippen LogP contribution in [0.3, 0.4) is 0 Å². The highest BCUT2D eigenvalue weighted by atomic mass is 16.5. The molecule has 0 aromatic rings. The number of carbonyl (C=O) groups excluding carboxylic acids is 1. The highest BCUT2D eigenvalue weighted by Crippen LogP contribution is 2.18. The van der Waals surface area contributed by atoms with E-state index < -0.39 is 0 Å². The van der Waals surface area contributed by atoms with Gasteiger partial charge in [-0.05, 0) is 19.3 Å². The van der Waals surface area contributed by atoms with E-state index in [1.54, 1.807) is 4.90 Å². The molecule has 0 bridgehead atoms. The molecule has 4 heteroatoms. The minimum atomic E-state index is 0.0670. The minimum Gasteiger partial charge on any atom is -0.379 e. The molecule has 1 N–H and O–H groups in total. The highest BCUT2D eigenvalue weighted by Gasteiger charge is 2.26. The molecule has 1 aliphatic carbocycles. The van der Waals surface area contributed by atoms with Crippen LogP contribution < -0.4 is 5.32 Å². The van der Waals surface area contributed by atoms with Crippen LogP contribution in [0.2, 0.25) is 0 Å². The van der Waals surface area contributed by atoms with Gasteiger partial charge >= 0.3 is 6.03 Å². The number of ether oxygens (including phenoxy) is 1. The van der Waals surface area contributed by atoms with Gasteiger partial charge in [0.15, 0.2) is 0 Å². The first-order valence-corrected chi connectivity index (χ1v) is 5.88. The lowest BCUT2D eigenvalue weighted by molar-refractivity contribution is 0.156. The summed E-state index contributed by atoms with van der Waals surface area (Å²) in [4.78, 5) is 13.6. The average molecular weight is 212 g/mol. The Kier molecular flexibility index (Phi) is 3.46. The van der Waals surface area contributed by atoms with E-state index in [0.717, 1.165) is 25.9 Å². The maximum Gasteiger partial charge on any atom is 0.317 e. The summed E-state index contributed by atoms with van der Waals surface area (Å²) in [6.45, 7) is 1.47. The molecule has 2 aliphatic rings. The van der Waals surface area contributed by atoms with E-state index in [-0.39, 0.29) is 12.1 Å². The van der Waals surface area contributed by atoms with Crippen molar-refractivity contribution in [1.29, 1.82) is 0 Å². The molecular weight excluding hydrogens is 192 g/mol. The molecule has 2 rings (SSSR count). The van der Waals surface area contributed by atoms with Gasteiger partial charge in [-0.1, -0.05) is 12.8 Å². The Morgan fingerprint density at radius 3 is 2.67 bits per heavy atom. The molecular formula is C11H20N2O2. The number of rotatable bonds is 2. The van der Waals surface area contributed by atoms with E-state index in [1.807, 2.05) is 7.05 Å². The van der Waals surface area contributed by atoms with E-state index in [9.17, 15) is 4.79 Å². The topological polar surface area (TPSA) is 41.6 Å². The summed E-state index contributed by atoms with van der Waals surface area (Å²) in [7, 11) is 1.86. The van der Waals surface area contributed by atoms with Gasteiger partial charge in [-0.2, -0.15) is 0 Å². The fourth-order valence-corrected chi connectivity index (χ4v) is 2.34. The monoisotopic (exact) mass is 212 g/mol. The van der Waals surface area contributed by atoms with Crippen molar-refractivity contribution in [1.82, 2.24) is 10.2 Å². The molecule has 0 spiro atoms. The van der Waals surface area contributed by atoms with Gasteiger partial charge in [0.1, 0.15) is 0 Å². The summed E-state index contributed by atoms with van der Waals surface area (Å²) in [6.07, 6.45) is 5.75. The zero-order valence-corrected chi connectivity index (χ0v) is 9.37. The van der Waals surface area contributed by atoms with Gasteiger partial charge < -0.3 is 15.0 Å². The summed E-state index contributed by atoms with van der Waals surface area (Å²) < 4.78 is 5.28. The Labute approximate surface area is 91.0 Å². The fraction of sp³-hybridized carbons (Fsp3) is 0.909. The van der Waals surface area contributed by atoms with Gasteiger partial charge in [-0.15, -0.1) is 0 Å². The van der Waals surface area contributed by atoms with Crippen LogP contribution in [0, 0.1) is 0 Å². The first kappa shape index (κ1) is 10.7. The third-order valence-electron chi connectivity index (χ3n) is 3.46. The molecule has 1 atom stereocenters. The molecule has 0 radical (unpaired) electrons. The summed E-state index contributed by atoms with van der Waals surface area (Å²) in [5.74, 6) is 0. The lowest BCUT2D eigenvalue weighted by atomic mass is 10.2. The Hall–Kier alpha value is -0.770. The molecule has 2 amide bonds. The molecule has 1 unspecified atom stereocenters. The van der Waals surface area contributed by atoms with Crippen LogP contribution in [0.25, 0.3) is 0 Å². The summed E-state index contributed by atoms with van der Waals surface area (Å²) in [5.41, 5.74) is 0. The number of amides is 2. The summed E-state index contributed by atoms with van der Waals surface area (Å²) in [5, 5.41) is 3.09. The summed E-state index contributed by atoms with van der Waals surface area (Å²) >= 11 is 0. The van der Waals surface area contributed by atoms with Gasteiger partial charge in [0, 0.05) is 19.7 Å². The quantitative estimate of drug-likeness (QED) is 0.751. The van der Waals surface area contributed by atoms with Crippen LogP contribution >= 0.6 is 0 Å². The van der Waals surface area contributed by atoms with Crippen molar-refractivity contribution in [2.75, 3.05) is 20.3 Å². The lowest BCUT2D eigenvalue weighted by Crippen LogP contribution is -2.46. The second-order valence-corrected chi connectivity index (χ2v) is 4.56. The first-order chi connectivity index (χ1) is 7.27. The van der Waals surface area contributed by atoms with Gasteiger partial charge in [0.25, 0.3) is 0 Å². The van der Waals surface area contributed by atoms with Crippen molar-refractivity contribution >= 4 is 6.03 Å². The number of likely N-dealkylation sites (N-methyl/N-ethyl adjacent to an activating group) is 1. The van der Waals surface area contributed by atoms with Crippen LogP contribution in [0.1, 0.15) is 32.1 Å². The number of nitrogens with one attached hydrogen (secondary N) is 1. The Morgan fingerprint density at radius 2 is 2.07 bits per heavy atom. The average Bonchev–Trinajstić information content (AvgIpc) is 2.88. The fourth-order valence-electron chi connectivity index (χ4n) is 2.34. The predicted octanol–water partition coefficient (Wildman–Crippen LogP) is 1.36. The lowest BCUT2D eigenvalue weighted by Gasteiger charge is -2.25. The van der Waals surface area contributed by atoms with Gasteiger partial charge in [-0.25, -0.2) is 4.79 Å². The van der Waals surface area contributed by atoms with Crippen molar-refractivity contribution in [3.63, 3.8) is 0 Å². The molecule has 0 aromatic carbocycles. The van der Waals surface area contributed by atoms with Gasteiger partial charge in [0.2, 0.25) is 0 Å². The molecule has 1 aliphatic heterocycles. The van der Waals surface area contributed by atoms with Crippen molar-refractivity contribution in [2.45, 2.75) is 44.2 Å². The Balaban J connectivity index is 1.78. The van der Waals surface area contributed by atoms with Gasteiger partial charge in [-0.3, -0.25) is 0 Å². The largest absolute Gasteiger partial charge is 0.379 e. The van der Waals surface area contributed by atoms with Crippen LogP contribution in [-0.4, -0.2) is 43.3 Å². The van der Waals surface area contributed by atoms with Crippen LogP contribution in [0.15, 0.2) is 0 Å². The minimum absolute atomic E-state index is 0.0670. The predicted molar refractivity (Wildman–Crippen MR) is 57.8 cm³/mol. The van der Waals surface area contributed by atoms with Crippen molar-refractivity contribution < 1.29 is 9.53 Å². The molecule has 1 saturated carbocycles. The van der Waals surface area contributed by atoms with Crippen LogP contribution in [-0.2, 0) is 4.74 Å². The molecule has 0 aromatic heterocycles.